The number of nitrogens with zero attached hydrogens (tertiary/aromatic N) is 1. The van der Waals surface area contributed by atoms with Gasteiger partial charge in [-0.05, 0) is 37.8 Å². The molecule has 94 valence electrons. The molecule has 0 amide bonds. The number of hydrogen-bond donors (Lipinski definition) is 1. The van der Waals surface area contributed by atoms with Gasteiger partial charge in [-0.15, -0.1) is 0 Å². The van der Waals surface area contributed by atoms with E-state index in [1.807, 2.05) is 19.2 Å². The SMILES string of the molecule is CCOc1cncc(C(N)CC2CCCO2)c1. The molecule has 1 fully saturated rings. The molecule has 2 N–H and O–H groups in total. The van der Waals surface area contributed by atoms with Crippen molar-refractivity contribution in [3.8, 4) is 5.75 Å². The third-order valence-corrected chi connectivity index (χ3v) is 3.01. The molecule has 0 aliphatic carbocycles. The van der Waals surface area contributed by atoms with Crippen LogP contribution in [0.4, 0.5) is 0 Å². The van der Waals surface area contributed by atoms with Gasteiger partial charge in [0.15, 0.2) is 0 Å². The Morgan fingerprint density at radius 1 is 1.59 bits per heavy atom. The summed E-state index contributed by atoms with van der Waals surface area (Å²) < 4.78 is 11.0. The van der Waals surface area contributed by atoms with Crippen molar-refractivity contribution >= 4 is 0 Å². The first-order valence-electron chi connectivity index (χ1n) is 6.24. The van der Waals surface area contributed by atoms with E-state index in [1.54, 1.807) is 6.20 Å². The van der Waals surface area contributed by atoms with Crippen LogP contribution < -0.4 is 10.5 Å². The molecule has 4 nitrogen and oxygen atoms in total. The summed E-state index contributed by atoms with van der Waals surface area (Å²) in [4.78, 5) is 4.15. The molecule has 2 heterocycles. The van der Waals surface area contributed by atoms with Crippen molar-refractivity contribution in [2.45, 2.75) is 38.3 Å². The first kappa shape index (κ1) is 12.3. The van der Waals surface area contributed by atoms with Crippen LogP contribution in [0.1, 0.15) is 37.8 Å². The fourth-order valence-electron chi connectivity index (χ4n) is 2.13. The van der Waals surface area contributed by atoms with E-state index in [4.69, 9.17) is 15.2 Å². The van der Waals surface area contributed by atoms with Crippen LogP contribution in [0.2, 0.25) is 0 Å². The highest BCUT2D eigenvalue weighted by Crippen LogP contribution is 2.24. The van der Waals surface area contributed by atoms with Crippen LogP contribution in [-0.2, 0) is 4.74 Å². The van der Waals surface area contributed by atoms with Gasteiger partial charge < -0.3 is 15.2 Å². The van der Waals surface area contributed by atoms with Crippen LogP contribution in [0.3, 0.4) is 0 Å². The Bertz CT molecular complexity index is 351. The maximum absolute atomic E-state index is 6.16. The number of rotatable bonds is 5. The lowest BCUT2D eigenvalue weighted by Gasteiger charge is -2.16. The lowest BCUT2D eigenvalue weighted by atomic mass is 10.0. The van der Waals surface area contributed by atoms with Gasteiger partial charge in [-0.2, -0.15) is 0 Å². The molecule has 1 aliphatic heterocycles. The summed E-state index contributed by atoms with van der Waals surface area (Å²) in [5.41, 5.74) is 7.18. The number of ether oxygens (including phenoxy) is 2. The molecule has 0 radical (unpaired) electrons. The Balaban J connectivity index is 1.97. The number of aromatic nitrogens is 1. The molecule has 17 heavy (non-hydrogen) atoms. The molecular weight excluding hydrogens is 216 g/mol. The standard InChI is InChI=1S/C13H20N2O2/c1-2-16-12-6-10(8-15-9-12)13(14)7-11-4-3-5-17-11/h6,8-9,11,13H,2-5,7,14H2,1H3. The quantitative estimate of drug-likeness (QED) is 0.850. The number of hydrogen-bond acceptors (Lipinski definition) is 4. The van der Waals surface area contributed by atoms with Crippen molar-refractivity contribution in [2.75, 3.05) is 13.2 Å². The maximum atomic E-state index is 6.16. The fourth-order valence-corrected chi connectivity index (χ4v) is 2.13. The van der Waals surface area contributed by atoms with Gasteiger partial charge in [0.05, 0.1) is 18.9 Å². The van der Waals surface area contributed by atoms with E-state index in [2.05, 4.69) is 4.98 Å². The van der Waals surface area contributed by atoms with Crippen molar-refractivity contribution in [1.29, 1.82) is 0 Å². The van der Waals surface area contributed by atoms with Crippen molar-refractivity contribution in [1.82, 2.24) is 4.98 Å². The molecule has 1 saturated heterocycles. The lowest BCUT2D eigenvalue weighted by Crippen LogP contribution is -2.18. The Morgan fingerprint density at radius 2 is 2.47 bits per heavy atom. The average Bonchev–Trinajstić information content (AvgIpc) is 2.83. The minimum atomic E-state index is -0.0222. The maximum Gasteiger partial charge on any atom is 0.137 e. The van der Waals surface area contributed by atoms with Crippen LogP contribution in [0.25, 0.3) is 0 Å². The van der Waals surface area contributed by atoms with Gasteiger partial charge in [-0.1, -0.05) is 0 Å². The predicted octanol–water partition coefficient (Wildman–Crippen LogP) is 2.05. The Hall–Kier alpha value is -1.13. The zero-order valence-electron chi connectivity index (χ0n) is 10.3. The van der Waals surface area contributed by atoms with Crippen molar-refractivity contribution in [2.24, 2.45) is 5.73 Å². The second kappa shape index (κ2) is 5.98. The Kier molecular flexibility index (Phi) is 4.34. The average molecular weight is 236 g/mol. The van der Waals surface area contributed by atoms with Gasteiger partial charge in [0.25, 0.3) is 0 Å². The largest absolute Gasteiger partial charge is 0.492 e. The van der Waals surface area contributed by atoms with Crippen molar-refractivity contribution in [3.05, 3.63) is 24.0 Å². The molecule has 2 atom stereocenters. The van der Waals surface area contributed by atoms with E-state index in [9.17, 15) is 0 Å². The zero-order chi connectivity index (χ0) is 12.1. The summed E-state index contributed by atoms with van der Waals surface area (Å²) >= 11 is 0. The van der Waals surface area contributed by atoms with Crippen LogP contribution in [-0.4, -0.2) is 24.3 Å². The van der Waals surface area contributed by atoms with E-state index in [-0.39, 0.29) is 6.04 Å². The summed E-state index contributed by atoms with van der Waals surface area (Å²) in [6.45, 7) is 3.47. The van der Waals surface area contributed by atoms with Crippen molar-refractivity contribution < 1.29 is 9.47 Å². The summed E-state index contributed by atoms with van der Waals surface area (Å²) in [7, 11) is 0. The van der Waals surface area contributed by atoms with E-state index >= 15 is 0 Å². The summed E-state index contributed by atoms with van der Waals surface area (Å²) in [5, 5.41) is 0. The highest BCUT2D eigenvalue weighted by molar-refractivity contribution is 5.25. The highest BCUT2D eigenvalue weighted by atomic mass is 16.5. The van der Waals surface area contributed by atoms with Gasteiger partial charge >= 0.3 is 0 Å². The first-order chi connectivity index (χ1) is 8.29. The molecule has 1 aliphatic rings. The first-order valence-corrected chi connectivity index (χ1v) is 6.24. The summed E-state index contributed by atoms with van der Waals surface area (Å²) in [6.07, 6.45) is 6.95. The summed E-state index contributed by atoms with van der Waals surface area (Å²) in [6, 6.07) is 1.95. The summed E-state index contributed by atoms with van der Waals surface area (Å²) in [5.74, 6) is 0.785. The normalized spacial score (nSPS) is 21.4. The van der Waals surface area contributed by atoms with Gasteiger partial charge in [0, 0.05) is 18.8 Å². The van der Waals surface area contributed by atoms with Gasteiger partial charge in [-0.25, -0.2) is 0 Å². The lowest BCUT2D eigenvalue weighted by molar-refractivity contribution is 0.0983. The molecule has 2 unspecified atom stereocenters. The molecule has 0 aromatic carbocycles. The van der Waals surface area contributed by atoms with Gasteiger partial charge in [0.2, 0.25) is 0 Å². The minimum absolute atomic E-state index is 0.0222. The smallest absolute Gasteiger partial charge is 0.137 e. The molecule has 2 rings (SSSR count). The van der Waals surface area contributed by atoms with Crippen LogP contribution in [0, 0.1) is 0 Å². The van der Waals surface area contributed by atoms with E-state index in [1.165, 1.54) is 0 Å². The van der Waals surface area contributed by atoms with Gasteiger partial charge in [0.1, 0.15) is 5.75 Å². The minimum Gasteiger partial charge on any atom is -0.492 e. The molecule has 0 saturated carbocycles. The topological polar surface area (TPSA) is 57.4 Å². The molecule has 1 aromatic rings. The van der Waals surface area contributed by atoms with Crippen LogP contribution in [0.5, 0.6) is 5.75 Å². The molecule has 0 bridgehead atoms. The van der Waals surface area contributed by atoms with Gasteiger partial charge in [-0.3, -0.25) is 4.98 Å². The van der Waals surface area contributed by atoms with Crippen LogP contribution >= 0.6 is 0 Å². The zero-order valence-corrected chi connectivity index (χ0v) is 10.3. The van der Waals surface area contributed by atoms with Crippen LogP contribution in [0.15, 0.2) is 18.5 Å². The third kappa shape index (κ3) is 3.41. The third-order valence-electron chi connectivity index (χ3n) is 3.01. The monoisotopic (exact) mass is 236 g/mol. The predicted molar refractivity (Wildman–Crippen MR) is 65.9 cm³/mol. The fraction of sp³-hybridized carbons (Fsp3) is 0.615. The second-order valence-corrected chi connectivity index (χ2v) is 4.36. The molecule has 0 spiro atoms. The number of pyridine rings is 1. The molecule has 1 aromatic heterocycles. The second-order valence-electron chi connectivity index (χ2n) is 4.36. The molecule has 4 heteroatoms. The van der Waals surface area contributed by atoms with E-state index in [0.717, 1.165) is 37.2 Å². The van der Waals surface area contributed by atoms with Crippen molar-refractivity contribution in [3.63, 3.8) is 0 Å². The Labute approximate surface area is 102 Å². The Morgan fingerprint density at radius 3 is 3.18 bits per heavy atom. The van der Waals surface area contributed by atoms with E-state index in [0.29, 0.717) is 12.7 Å². The molecular formula is C13H20N2O2. The number of nitrogens with two attached hydrogens (primary N) is 1. The highest BCUT2D eigenvalue weighted by Gasteiger charge is 2.20. The van der Waals surface area contributed by atoms with E-state index < -0.39 is 0 Å².